The molecule has 0 bridgehead atoms. The number of likely N-dealkylation sites (tertiary alicyclic amines) is 1. The molecule has 1 saturated heterocycles. The van der Waals surface area contributed by atoms with Gasteiger partial charge in [-0.05, 0) is 36.6 Å². The predicted molar refractivity (Wildman–Crippen MR) is 109 cm³/mol. The fourth-order valence-electron chi connectivity index (χ4n) is 3.33. The number of hydrogen-bond acceptors (Lipinski definition) is 5. The molecule has 6 nitrogen and oxygen atoms in total. The molecule has 2 heterocycles. The van der Waals surface area contributed by atoms with Crippen molar-refractivity contribution < 1.29 is 26.3 Å². The third kappa shape index (κ3) is 5.71. The van der Waals surface area contributed by atoms with Crippen LogP contribution in [0.1, 0.15) is 24.0 Å². The first-order valence-electron chi connectivity index (χ1n) is 9.19. The molecular formula is C19H21BrF3N3O3S. The van der Waals surface area contributed by atoms with Gasteiger partial charge in [-0.1, -0.05) is 22.0 Å². The highest BCUT2D eigenvalue weighted by atomic mass is 79.9. The Morgan fingerprint density at radius 3 is 2.50 bits per heavy atom. The Labute approximate surface area is 181 Å². The zero-order valence-corrected chi connectivity index (χ0v) is 18.5. The van der Waals surface area contributed by atoms with Gasteiger partial charge in [-0.3, -0.25) is 4.90 Å². The van der Waals surface area contributed by atoms with Gasteiger partial charge in [0.05, 0.1) is 17.6 Å². The lowest BCUT2D eigenvalue weighted by Gasteiger charge is -2.32. The van der Waals surface area contributed by atoms with Gasteiger partial charge < -0.3 is 4.74 Å². The highest BCUT2D eigenvalue weighted by Crippen LogP contribution is 2.36. The fourth-order valence-corrected chi connectivity index (χ4v) is 5.21. The van der Waals surface area contributed by atoms with Crippen LogP contribution in [-0.2, 0) is 22.7 Å². The molecule has 3 rings (SSSR count). The maximum atomic E-state index is 13.3. The number of nitrogens with one attached hydrogen (secondary N) is 1. The van der Waals surface area contributed by atoms with Crippen LogP contribution in [0.25, 0.3) is 0 Å². The molecular weight excluding hydrogens is 487 g/mol. The third-order valence-corrected chi connectivity index (χ3v) is 6.93. The second-order valence-electron chi connectivity index (χ2n) is 7.02. The molecule has 1 aliphatic heterocycles. The molecule has 0 aliphatic carbocycles. The summed E-state index contributed by atoms with van der Waals surface area (Å²) in [6.45, 7) is 1.89. The molecule has 30 heavy (non-hydrogen) atoms. The first-order chi connectivity index (χ1) is 14.1. The van der Waals surface area contributed by atoms with Gasteiger partial charge in [0, 0.05) is 42.4 Å². The Bertz CT molecular complexity index is 977. The number of sulfonamides is 1. The molecule has 0 spiro atoms. The van der Waals surface area contributed by atoms with Gasteiger partial charge in [0.15, 0.2) is 0 Å². The van der Waals surface area contributed by atoms with Gasteiger partial charge in [0.25, 0.3) is 0 Å². The molecule has 0 unspecified atom stereocenters. The van der Waals surface area contributed by atoms with E-state index in [1.54, 1.807) is 19.4 Å². The van der Waals surface area contributed by atoms with E-state index in [2.05, 4.69) is 30.5 Å². The lowest BCUT2D eigenvalue weighted by atomic mass is 10.1. The number of methoxy groups -OCH3 is 1. The Hall–Kier alpha value is -1.69. The van der Waals surface area contributed by atoms with Gasteiger partial charge >= 0.3 is 6.18 Å². The number of piperidine rings is 1. The van der Waals surface area contributed by atoms with E-state index in [4.69, 9.17) is 4.74 Å². The van der Waals surface area contributed by atoms with Crippen LogP contribution in [0, 0.1) is 0 Å². The Morgan fingerprint density at radius 1 is 1.23 bits per heavy atom. The van der Waals surface area contributed by atoms with Gasteiger partial charge in [0.1, 0.15) is 0 Å². The summed E-state index contributed by atoms with van der Waals surface area (Å²) in [5.41, 5.74) is -0.187. The zero-order valence-electron chi connectivity index (χ0n) is 16.1. The Kier molecular flexibility index (Phi) is 7.05. The van der Waals surface area contributed by atoms with Crippen LogP contribution >= 0.6 is 15.9 Å². The van der Waals surface area contributed by atoms with E-state index in [0.717, 1.165) is 17.7 Å². The van der Waals surface area contributed by atoms with Crippen molar-refractivity contribution in [3.05, 3.63) is 52.1 Å². The van der Waals surface area contributed by atoms with Crippen molar-refractivity contribution in [1.29, 1.82) is 0 Å². The van der Waals surface area contributed by atoms with Crippen molar-refractivity contribution in [2.75, 3.05) is 20.2 Å². The van der Waals surface area contributed by atoms with Crippen LogP contribution in [0.15, 0.2) is 45.9 Å². The van der Waals surface area contributed by atoms with Crippen LogP contribution in [-0.4, -0.2) is 44.5 Å². The van der Waals surface area contributed by atoms with Gasteiger partial charge in [-0.15, -0.1) is 0 Å². The smallest absolute Gasteiger partial charge is 0.417 e. The molecule has 11 heteroatoms. The van der Waals surface area contributed by atoms with E-state index < -0.39 is 32.7 Å². The molecule has 0 saturated carbocycles. The number of alkyl halides is 3. The van der Waals surface area contributed by atoms with E-state index in [1.165, 1.54) is 6.07 Å². The van der Waals surface area contributed by atoms with Crippen molar-refractivity contribution in [1.82, 2.24) is 14.6 Å². The molecule has 0 atom stereocenters. The summed E-state index contributed by atoms with van der Waals surface area (Å²) < 4.78 is 72.9. The van der Waals surface area contributed by atoms with Crippen molar-refractivity contribution in [3.63, 3.8) is 0 Å². The molecule has 0 amide bonds. The maximum Gasteiger partial charge on any atom is 0.417 e. The summed E-state index contributed by atoms with van der Waals surface area (Å²) in [5, 5.41) is 0. The number of benzene rings is 1. The molecule has 1 N–H and O–H groups in total. The Balaban J connectivity index is 1.63. The van der Waals surface area contributed by atoms with Crippen molar-refractivity contribution in [2.45, 2.75) is 36.5 Å². The minimum Gasteiger partial charge on any atom is -0.481 e. The second-order valence-corrected chi connectivity index (χ2v) is 9.62. The number of halogens is 4. The van der Waals surface area contributed by atoms with Crippen molar-refractivity contribution in [3.8, 4) is 5.88 Å². The van der Waals surface area contributed by atoms with Gasteiger partial charge in [-0.2, -0.15) is 13.2 Å². The fraction of sp³-hybridized carbons (Fsp3) is 0.421. The van der Waals surface area contributed by atoms with Crippen LogP contribution in [0.3, 0.4) is 0 Å². The lowest BCUT2D eigenvalue weighted by molar-refractivity contribution is -0.139. The highest BCUT2D eigenvalue weighted by molar-refractivity contribution is 9.10. The minimum absolute atomic E-state index is 0.162. The van der Waals surface area contributed by atoms with Gasteiger partial charge in [-0.25, -0.2) is 18.1 Å². The topological polar surface area (TPSA) is 71.5 Å². The summed E-state index contributed by atoms with van der Waals surface area (Å²) in [7, 11) is -2.77. The van der Waals surface area contributed by atoms with Crippen molar-refractivity contribution >= 4 is 26.0 Å². The summed E-state index contributed by atoms with van der Waals surface area (Å²) in [6.07, 6.45) is -2.05. The number of aromatic nitrogens is 1. The minimum atomic E-state index is -4.77. The summed E-state index contributed by atoms with van der Waals surface area (Å²) in [6, 6.07) is 6.29. The molecule has 2 aromatic rings. The largest absolute Gasteiger partial charge is 0.481 e. The van der Waals surface area contributed by atoms with E-state index in [0.29, 0.717) is 38.4 Å². The quantitative estimate of drug-likeness (QED) is 0.643. The zero-order chi connectivity index (χ0) is 21.9. The molecule has 164 valence electrons. The van der Waals surface area contributed by atoms with E-state index in [9.17, 15) is 21.6 Å². The Morgan fingerprint density at radius 2 is 1.93 bits per heavy atom. The van der Waals surface area contributed by atoms with Crippen LogP contribution < -0.4 is 9.46 Å². The normalized spacial score (nSPS) is 16.6. The van der Waals surface area contributed by atoms with Crippen LogP contribution in [0.5, 0.6) is 5.88 Å². The summed E-state index contributed by atoms with van der Waals surface area (Å²) >= 11 is 2.96. The monoisotopic (exact) mass is 507 g/mol. The molecule has 1 aromatic carbocycles. The predicted octanol–water partition coefficient (Wildman–Crippen LogP) is 3.81. The first kappa shape index (κ1) is 23.0. The summed E-state index contributed by atoms with van der Waals surface area (Å²) in [4.78, 5) is 5.55. The van der Waals surface area contributed by atoms with Crippen LogP contribution in [0.2, 0.25) is 0 Å². The van der Waals surface area contributed by atoms with E-state index in [-0.39, 0.29) is 4.47 Å². The number of nitrogens with zero attached hydrogens (tertiary/aromatic N) is 2. The molecule has 1 aromatic heterocycles. The summed E-state index contributed by atoms with van der Waals surface area (Å²) in [5.74, 6) is 0.526. The van der Waals surface area contributed by atoms with Crippen molar-refractivity contribution in [2.24, 2.45) is 0 Å². The number of pyridine rings is 1. The number of ether oxygens (including phenoxy) is 1. The number of rotatable bonds is 6. The molecule has 1 fully saturated rings. The molecule has 1 aliphatic rings. The third-order valence-electron chi connectivity index (χ3n) is 4.86. The second kappa shape index (κ2) is 9.21. The average molecular weight is 508 g/mol. The van der Waals surface area contributed by atoms with Gasteiger partial charge in [0.2, 0.25) is 15.9 Å². The van der Waals surface area contributed by atoms with E-state index in [1.807, 2.05) is 6.07 Å². The maximum absolute atomic E-state index is 13.3. The van der Waals surface area contributed by atoms with E-state index >= 15 is 0 Å². The number of hydrogen-bond donors (Lipinski definition) is 1. The first-order valence-corrected chi connectivity index (χ1v) is 11.5. The average Bonchev–Trinajstić information content (AvgIpc) is 2.69. The highest BCUT2D eigenvalue weighted by Gasteiger charge is 2.38. The molecule has 0 radical (unpaired) electrons. The lowest BCUT2D eigenvalue weighted by Crippen LogP contribution is -2.44. The van der Waals surface area contributed by atoms with Crippen LogP contribution in [0.4, 0.5) is 13.2 Å². The SMILES string of the molecule is COc1ccc(CN2CCC(NS(=O)(=O)c3ccc(Br)cc3C(F)(F)F)CC2)cn1. The standard InChI is InChI=1S/C19H21BrF3N3O3S/c1-29-18-5-2-13(11-24-18)12-26-8-6-15(7-9-26)25-30(27,28)17-4-3-14(20)10-16(17)19(21,22)23/h2-5,10-11,15,25H,6-9,12H2,1H3.